The molecule has 2 aromatic rings. The second kappa shape index (κ2) is 7.07. The summed E-state index contributed by atoms with van der Waals surface area (Å²) in [5.74, 6) is 0.0769. The summed E-state index contributed by atoms with van der Waals surface area (Å²) in [4.78, 5) is 17.4. The number of oxime groups is 1. The summed E-state index contributed by atoms with van der Waals surface area (Å²) in [5.41, 5.74) is 0.519. The number of carbonyl (C=O) groups is 1. The topological polar surface area (TPSA) is 59.9 Å². The lowest BCUT2D eigenvalue weighted by molar-refractivity contribution is -0.137. The molecule has 2 aromatic carbocycles. The van der Waals surface area contributed by atoms with Crippen molar-refractivity contribution in [1.29, 1.82) is 0 Å². The maximum Gasteiger partial charge on any atom is 0.416 e. The molecule has 0 unspecified atom stereocenters. The van der Waals surface area contributed by atoms with Crippen LogP contribution in [0.15, 0.2) is 53.7 Å². The Bertz CT molecular complexity index is 850. The number of halogens is 3. The summed E-state index contributed by atoms with van der Waals surface area (Å²) in [6, 6.07) is 11.5. The Morgan fingerprint density at radius 1 is 1.23 bits per heavy atom. The van der Waals surface area contributed by atoms with Gasteiger partial charge in [-0.15, -0.1) is 0 Å². The number of alkyl halides is 3. The molecule has 0 bridgehead atoms. The van der Waals surface area contributed by atoms with E-state index in [0.29, 0.717) is 11.5 Å². The number of hydrogen-bond acceptors (Lipinski definition) is 4. The lowest BCUT2D eigenvalue weighted by atomic mass is 10.0. The number of amides is 1. The van der Waals surface area contributed by atoms with Crippen LogP contribution >= 0.6 is 0 Å². The van der Waals surface area contributed by atoms with Crippen molar-refractivity contribution in [3.8, 4) is 5.75 Å². The van der Waals surface area contributed by atoms with E-state index in [9.17, 15) is 18.0 Å². The molecule has 1 aliphatic heterocycles. The maximum atomic E-state index is 12.7. The van der Waals surface area contributed by atoms with Gasteiger partial charge in [-0.1, -0.05) is 23.4 Å². The second-order valence-corrected chi connectivity index (χ2v) is 5.64. The summed E-state index contributed by atoms with van der Waals surface area (Å²) in [7, 11) is 1.54. The zero-order valence-electron chi connectivity index (χ0n) is 13.7. The number of methoxy groups -OCH3 is 1. The summed E-state index contributed by atoms with van der Waals surface area (Å²) >= 11 is 0. The highest BCUT2D eigenvalue weighted by Gasteiger charge is 2.32. The molecule has 0 saturated carbocycles. The summed E-state index contributed by atoms with van der Waals surface area (Å²) in [6.07, 6.45) is -5.18. The Hall–Kier alpha value is -3.03. The normalized spacial score (nSPS) is 16.6. The fraction of sp³-hybridized carbons (Fsp3) is 0.222. The molecule has 1 N–H and O–H groups in total. The Morgan fingerprint density at radius 2 is 2.00 bits per heavy atom. The highest BCUT2D eigenvalue weighted by molar-refractivity contribution is 6.06. The minimum Gasteiger partial charge on any atom is -0.497 e. The third-order valence-electron chi connectivity index (χ3n) is 3.82. The maximum absolute atomic E-state index is 12.7. The minimum absolute atomic E-state index is 0.0447. The van der Waals surface area contributed by atoms with Gasteiger partial charge in [0, 0.05) is 17.7 Å². The van der Waals surface area contributed by atoms with E-state index in [2.05, 4.69) is 10.5 Å². The first-order valence-corrected chi connectivity index (χ1v) is 7.72. The molecule has 0 aliphatic carbocycles. The van der Waals surface area contributed by atoms with Crippen LogP contribution in [0.1, 0.15) is 17.5 Å². The second-order valence-electron chi connectivity index (χ2n) is 5.64. The number of anilines is 1. The van der Waals surface area contributed by atoms with Gasteiger partial charge in [-0.2, -0.15) is 13.2 Å². The smallest absolute Gasteiger partial charge is 0.416 e. The number of ether oxygens (including phenoxy) is 1. The van der Waals surface area contributed by atoms with Crippen LogP contribution in [-0.4, -0.2) is 24.8 Å². The van der Waals surface area contributed by atoms with Crippen LogP contribution < -0.4 is 10.1 Å². The van der Waals surface area contributed by atoms with Crippen molar-refractivity contribution < 1.29 is 27.5 Å². The van der Waals surface area contributed by atoms with Crippen LogP contribution in [0.4, 0.5) is 18.9 Å². The molecular formula is C18H15F3N2O3. The zero-order valence-corrected chi connectivity index (χ0v) is 13.7. The largest absolute Gasteiger partial charge is 0.497 e. The molecule has 26 heavy (non-hydrogen) atoms. The lowest BCUT2D eigenvalue weighted by Gasteiger charge is -2.12. The van der Waals surface area contributed by atoms with Gasteiger partial charge in [0.2, 0.25) is 6.10 Å². The number of nitrogens with one attached hydrogen (secondary N) is 1. The van der Waals surface area contributed by atoms with Crippen LogP contribution in [0.3, 0.4) is 0 Å². The van der Waals surface area contributed by atoms with Crippen LogP contribution in [0, 0.1) is 0 Å². The highest BCUT2D eigenvalue weighted by Crippen LogP contribution is 2.31. The first kappa shape index (κ1) is 17.8. The zero-order chi connectivity index (χ0) is 18.7. The monoisotopic (exact) mass is 364 g/mol. The average Bonchev–Trinajstić information content (AvgIpc) is 3.11. The molecule has 0 aromatic heterocycles. The van der Waals surface area contributed by atoms with Gasteiger partial charge in [0.1, 0.15) is 5.75 Å². The highest BCUT2D eigenvalue weighted by atomic mass is 19.4. The third kappa shape index (κ3) is 3.96. The molecule has 136 valence electrons. The molecule has 1 aliphatic rings. The molecule has 1 amide bonds. The quantitative estimate of drug-likeness (QED) is 0.897. The van der Waals surface area contributed by atoms with Crippen molar-refractivity contribution >= 4 is 17.3 Å². The molecule has 3 rings (SSSR count). The molecule has 1 heterocycles. The fourth-order valence-corrected chi connectivity index (χ4v) is 2.49. The van der Waals surface area contributed by atoms with Crippen molar-refractivity contribution in [3.05, 3.63) is 59.7 Å². The molecular weight excluding hydrogens is 349 g/mol. The van der Waals surface area contributed by atoms with Crippen LogP contribution in [0.25, 0.3) is 0 Å². The Kier molecular flexibility index (Phi) is 4.83. The number of hydrogen-bond donors (Lipinski definition) is 1. The Labute approximate surface area is 147 Å². The van der Waals surface area contributed by atoms with Crippen LogP contribution in [0.2, 0.25) is 0 Å². The molecule has 0 spiro atoms. The van der Waals surface area contributed by atoms with Crippen molar-refractivity contribution in [2.45, 2.75) is 18.7 Å². The van der Waals surface area contributed by atoms with E-state index in [1.54, 1.807) is 24.3 Å². The van der Waals surface area contributed by atoms with Gasteiger partial charge in [-0.05, 0) is 30.3 Å². The predicted molar refractivity (Wildman–Crippen MR) is 89.1 cm³/mol. The van der Waals surface area contributed by atoms with Crippen LogP contribution in [-0.2, 0) is 15.8 Å². The van der Waals surface area contributed by atoms with Gasteiger partial charge in [-0.3, -0.25) is 4.79 Å². The van der Waals surface area contributed by atoms with E-state index in [-0.39, 0.29) is 12.1 Å². The minimum atomic E-state index is -4.48. The van der Waals surface area contributed by atoms with E-state index in [1.165, 1.54) is 19.2 Å². The molecule has 8 heteroatoms. The van der Waals surface area contributed by atoms with E-state index in [1.807, 2.05) is 0 Å². The van der Waals surface area contributed by atoms with Crippen molar-refractivity contribution in [2.24, 2.45) is 5.16 Å². The average molecular weight is 364 g/mol. The molecule has 5 nitrogen and oxygen atoms in total. The Morgan fingerprint density at radius 3 is 2.73 bits per heavy atom. The lowest BCUT2D eigenvalue weighted by Crippen LogP contribution is -2.28. The number of benzene rings is 2. The summed E-state index contributed by atoms with van der Waals surface area (Å²) < 4.78 is 43.4. The van der Waals surface area contributed by atoms with Gasteiger partial charge in [0.05, 0.1) is 18.4 Å². The van der Waals surface area contributed by atoms with E-state index in [0.717, 1.165) is 17.7 Å². The van der Waals surface area contributed by atoms with E-state index < -0.39 is 23.8 Å². The number of carbonyl (C=O) groups excluding carboxylic acids is 1. The van der Waals surface area contributed by atoms with E-state index in [4.69, 9.17) is 9.57 Å². The SMILES string of the molecule is COc1cccc(C2=NO[C@H](C(=O)Nc3cccc(C(F)(F)F)c3)C2)c1. The van der Waals surface area contributed by atoms with Gasteiger partial charge in [-0.25, -0.2) is 0 Å². The third-order valence-corrected chi connectivity index (χ3v) is 3.82. The standard InChI is InChI=1S/C18H15F3N2O3/c1-25-14-7-2-4-11(8-14)15-10-16(26-23-15)17(24)22-13-6-3-5-12(9-13)18(19,20)21/h2-9,16H,10H2,1H3,(H,22,24)/t16-/m0/s1. The van der Waals surface area contributed by atoms with Crippen molar-refractivity contribution in [2.75, 3.05) is 12.4 Å². The number of rotatable bonds is 4. The van der Waals surface area contributed by atoms with Gasteiger partial charge in [0.25, 0.3) is 5.91 Å². The molecule has 1 atom stereocenters. The molecule has 0 radical (unpaired) electrons. The van der Waals surface area contributed by atoms with Crippen molar-refractivity contribution in [1.82, 2.24) is 0 Å². The Balaban J connectivity index is 1.66. The van der Waals surface area contributed by atoms with Crippen molar-refractivity contribution in [3.63, 3.8) is 0 Å². The first-order chi connectivity index (χ1) is 12.4. The summed E-state index contributed by atoms with van der Waals surface area (Å²) in [6.45, 7) is 0. The number of nitrogens with zero attached hydrogens (tertiary/aromatic N) is 1. The van der Waals surface area contributed by atoms with Gasteiger partial charge in [0.15, 0.2) is 0 Å². The fourth-order valence-electron chi connectivity index (χ4n) is 2.49. The summed E-state index contributed by atoms with van der Waals surface area (Å²) in [5, 5.41) is 6.33. The van der Waals surface area contributed by atoms with Gasteiger partial charge < -0.3 is 14.9 Å². The molecule has 0 saturated heterocycles. The first-order valence-electron chi connectivity index (χ1n) is 7.72. The van der Waals surface area contributed by atoms with Gasteiger partial charge >= 0.3 is 6.18 Å². The van der Waals surface area contributed by atoms with Crippen LogP contribution in [0.5, 0.6) is 5.75 Å². The molecule has 0 fully saturated rings. The van der Waals surface area contributed by atoms with E-state index >= 15 is 0 Å². The predicted octanol–water partition coefficient (Wildman–Crippen LogP) is 3.85.